The average Bonchev–Trinajstić information content (AvgIpc) is 2.62. The zero-order valence-corrected chi connectivity index (χ0v) is 16.8. The predicted molar refractivity (Wildman–Crippen MR) is 106 cm³/mol. The lowest BCUT2D eigenvalue weighted by atomic mass is 9.91. The molecule has 0 aliphatic carbocycles. The second-order valence-corrected chi connectivity index (χ2v) is 7.33. The predicted octanol–water partition coefficient (Wildman–Crippen LogP) is 1.52. The maximum atomic E-state index is 11.2. The Hall–Kier alpha value is -1.93. The van der Waals surface area contributed by atoms with E-state index in [0.29, 0.717) is 0 Å². The minimum Gasteiger partial charge on any atom is -0.508 e. The fraction of sp³-hybridized carbons (Fsp3) is 0.571. The molecule has 4 unspecified atom stereocenters. The van der Waals surface area contributed by atoms with Crippen molar-refractivity contribution in [2.45, 2.75) is 65.0 Å². The summed E-state index contributed by atoms with van der Waals surface area (Å²) in [5, 5.41) is 50.2. The molecular weight excluding hydrogens is 364 g/mol. The van der Waals surface area contributed by atoms with Crippen molar-refractivity contribution in [2.24, 2.45) is 11.8 Å². The summed E-state index contributed by atoms with van der Waals surface area (Å²) in [4.78, 5) is 11.2. The third-order valence-corrected chi connectivity index (χ3v) is 4.93. The lowest BCUT2D eigenvalue weighted by molar-refractivity contribution is 0.00848. The van der Waals surface area contributed by atoms with Crippen LogP contribution in [0.4, 0.5) is 0 Å². The maximum Gasteiger partial charge on any atom is 0.339 e. The summed E-state index contributed by atoms with van der Waals surface area (Å²) in [7, 11) is 0. The number of aromatic hydroxyl groups is 1. The van der Waals surface area contributed by atoms with Crippen LogP contribution in [0.15, 0.2) is 45.1 Å². The topological polar surface area (TPSA) is 131 Å². The normalized spacial score (nSPS) is 19.2. The largest absolute Gasteiger partial charge is 0.508 e. The van der Waals surface area contributed by atoms with Gasteiger partial charge in [0.05, 0.1) is 30.5 Å². The Labute approximate surface area is 165 Å². The summed E-state index contributed by atoms with van der Waals surface area (Å²) < 4.78 is 4.89. The zero-order valence-electron chi connectivity index (χ0n) is 16.8. The molecule has 1 rings (SSSR count). The van der Waals surface area contributed by atoms with E-state index < -0.39 is 36.0 Å². The van der Waals surface area contributed by atoms with Crippen molar-refractivity contribution >= 4 is 0 Å². The highest BCUT2D eigenvalue weighted by atomic mass is 16.4. The Morgan fingerprint density at radius 1 is 1.14 bits per heavy atom. The van der Waals surface area contributed by atoms with Gasteiger partial charge in [-0.2, -0.15) is 0 Å². The molecule has 0 fully saturated rings. The van der Waals surface area contributed by atoms with Gasteiger partial charge in [-0.05, 0) is 19.4 Å². The second-order valence-electron chi connectivity index (χ2n) is 7.33. The van der Waals surface area contributed by atoms with Gasteiger partial charge in [-0.3, -0.25) is 0 Å². The van der Waals surface area contributed by atoms with Crippen molar-refractivity contribution in [1.29, 1.82) is 0 Å². The van der Waals surface area contributed by atoms with Gasteiger partial charge >= 0.3 is 5.63 Å². The maximum absolute atomic E-state index is 11.2. The smallest absolute Gasteiger partial charge is 0.339 e. The molecule has 0 bridgehead atoms. The number of hydrogen-bond acceptors (Lipinski definition) is 7. The van der Waals surface area contributed by atoms with E-state index in [4.69, 9.17) is 4.42 Å². The second kappa shape index (κ2) is 11.2. The van der Waals surface area contributed by atoms with Crippen molar-refractivity contribution in [1.82, 2.24) is 0 Å². The molecule has 28 heavy (non-hydrogen) atoms. The third-order valence-electron chi connectivity index (χ3n) is 4.93. The fourth-order valence-electron chi connectivity index (χ4n) is 2.81. The lowest BCUT2D eigenvalue weighted by Gasteiger charge is -2.24. The molecular formula is C21H32O7. The van der Waals surface area contributed by atoms with Gasteiger partial charge in [0.2, 0.25) is 0 Å². The first-order chi connectivity index (χ1) is 13.0. The van der Waals surface area contributed by atoms with Crippen LogP contribution in [0, 0.1) is 11.8 Å². The van der Waals surface area contributed by atoms with E-state index >= 15 is 0 Å². The lowest BCUT2D eigenvalue weighted by Crippen LogP contribution is -2.32. The summed E-state index contributed by atoms with van der Waals surface area (Å²) in [5.74, 6) is -0.902. The Balaban J connectivity index is 2.61. The zero-order chi connectivity index (χ0) is 21.4. The molecule has 0 aliphatic rings. The summed E-state index contributed by atoms with van der Waals surface area (Å²) in [5.41, 5.74) is 0.114. The van der Waals surface area contributed by atoms with Crippen LogP contribution < -0.4 is 5.63 Å². The highest BCUT2D eigenvalue weighted by Gasteiger charge is 2.24. The van der Waals surface area contributed by atoms with Gasteiger partial charge in [0.25, 0.3) is 0 Å². The minimum absolute atomic E-state index is 0.0404. The molecule has 0 radical (unpaired) electrons. The van der Waals surface area contributed by atoms with E-state index in [1.807, 2.05) is 26.8 Å². The first-order valence-corrected chi connectivity index (χ1v) is 9.41. The molecule has 0 saturated heterocycles. The van der Waals surface area contributed by atoms with Crippen LogP contribution in [-0.2, 0) is 6.42 Å². The molecule has 1 aromatic heterocycles. The number of rotatable bonds is 10. The van der Waals surface area contributed by atoms with Gasteiger partial charge in [-0.25, -0.2) is 4.79 Å². The highest BCUT2D eigenvalue weighted by molar-refractivity contribution is 5.18. The van der Waals surface area contributed by atoms with Crippen molar-refractivity contribution in [3.05, 3.63) is 52.1 Å². The van der Waals surface area contributed by atoms with E-state index in [0.717, 1.165) is 11.6 Å². The quantitative estimate of drug-likeness (QED) is 0.379. The SMILES string of the molecule is C/C=C(\C)[C@@H](O)[C@@H](C)/C=C/C(O)C(C)C(O)CC(O)Cc1cc(O)cc(=O)o1. The Morgan fingerprint density at radius 2 is 1.79 bits per heavy atom. The van der Waals surface area contributed by atoms with Gasteiger partial charge < -0.3 is 29.9 Å². The fourth-order valence-corrected chi connectivity index (χ4v) is 2.81. The Morgan fingerprint density at radius 3 is 2.36 bits per heavy atom. The number of allylic oxidation sites excluding steroid dienone is 1. The molecule has 1 heterocycles. The van der Waals surface area contributed by atoms with Crippen LogP contribution in [0.25, 0.3) is 0 Å². The van der Waals surface area contributed by atoms with Crippen molar-refractivity contribution in [2.75, 3.05) is 0 Å². The molecule has 7 heteroatoms. The first-order valence-electron chi connectivity index (χ1n) is 9.41. The third kappa shape index (κ3) is 7.59. The minimum atomic E-state index is -1.02. The van der Waals surface area contributed by atoms with E-state index in [2.05, 4.69) is 0 Å². The van der Waals surface area contributed by atoms with Crippen molar-refractivity contribution in [3.8, 4) is 5.75 Å². The van der Waals surface area contributed by atoms with Crippen LogP contribution >= 0.6 is 0 Å². The highest BCUT2D eigenvalue weighted by Crippen LogP contribution is 2.19. The molecule has 7 nitrogen and oxygen atoms in total. The summed E-state index contributed by atoms with van der Waals surface area (Å²) in [6.45, 7) is 7.15. The molecule has 0 saturated carbocycles. The summed E-state index contributed by atoms with van der Waals surface area (Å²) in [6, 6.07) is 2.16. The van der Waals surface area contributed by atoms with Crippen LogP contribution in [0.2, 0.25) is 0 Å². The summed E-state index contributed by atoms with van der Waals surface area (Å²) in [6.07, 6.45) is 1.34. The molecule has 0 aromatic carbocycles. The van der Waals surface area contributed by atoms with E-state index in [9.17, 15) is 30.3 Å². The van der Waals surface area contributed by atoms with Gasteiger partial charge in [0.15, 0.2) is 0 Å². The molecule has 0 aliphatic heterocycles. The van der Waals surface area contributed by atoms with E-state index in [1.54, 1.807) is 13.0 Å². The molecule has 158 valence electrons. The van der Waals surface area contributed by atoms with Gasteiger partial charge in [0, 0.05) is 30.7 Å². The standard InChI is InChI=1S/C21H32O7/c1-5-12(2)21(27)13(3)6-7-18(24)14(4)19(25)10-15(22)8-17-9-16(23)11-20(26)28-17/h5-7,9,11,13-15,18-19,21-25,27H,8,10H2,1-4H3/b7-6+,12-5+/t13-,14?,15?,18?,19?,21+/m0/s1. The molecule has 6 atom stereocenters. The Kier molecular flexibility index (Phi) is 9.61. The molecule has 5 N–H and O–H groups in total. The van der Waals surface area contributed by atoms with Crippen molar-refractivity contribution < 1.29 is 29.9 Å². The van der Waals surface area contributed by atoms with E-state index in [1.165, 1.54) is 12.1 Å². The molecule has 1 aromatic rings. The van der Waals surface area contributed by atoms with Crippen LogP contribution in [-0.4, -0.2) is 49.9 Å². The number of hydrogen-bond donors (Lipinski definition) is 5. The van der Waals surface area contributed by atoms with Crippen molar-refractivity contribution in [3.63, 3.8) is 0 Å². The Bertz CT molecular complexity index is 722. The number of aliphatic hydroxyl groups is 4. The van der Waals surface area contributed by atoms with Crippen LogP contribution in [0.1, 0.15) is 39.9 Å². The van der Waals surface area contributed by atoms with Gasteiger partial charge in [0.1, 0.15) is 11.5 Å². The number of aliphatic hydroxyl groups excluding tert-OH is 4. The first kappa shape index (κ1) is 24.1. The van der Waals surface area contributed by atoms with Crippen LogP contribution in [0.5, 0.6) is 5.75 Å². The molecule has 0 amide bonds. The van der Waals surface area contributed by atoms with Gasteiger partial charge in [-0.1, -0.05) is 32.1 Å². The van der Waals surface area contributed by atoms with E-state index in [-0.39, 0.29) is 30.3 Å². The summed E-state index contributed by atoms with van der Waals surface area (Å²) >= 11 is 0. The van der Waals surface area contributed by atoms with Crippen LogP contribution in [0.3, 0.4) is 0 Å². The monoisotopic (exact) mass is 396 g/mol. The average molecular weight is 396 g/mol. The molecule has 0 spiro atoms. The van der Waals surface area contributed by atoms with Gasteiger partial charge in [-0.15, -0.1) is 0 Å².